The van der Waals surface area contributed by atoms with Gasteiger partial charge in [0.05, 0.1) is 13.2 Å². The molecule has 0 aromatic heterocycles. The molecule has 112 valence electrons. The molecule has 0 spiro atoms. The Morgan fingerprint density at radius 1 is 1.14 bits per heavy atom. The van der Waals surface area contributed by atoms with Gasteiger partial charge in [-0.2, -0.15) is 0 Å². The number of hydrogen-bond donors (Lipinski definition) is 1. The molecule has 1 N–H and O–H groups in total. The Hall–Kier alpha value is -1.74. The maximum atomic E-state index is 5.61. The molecule has 3 heteroatoms. The highest BCUT2D eigenvalue weighted by atomic mass is 79.9. The van der Waals surface area contributed by atoms with Crippen LogP contribution in [-0.2, 0) is 0 Å². The first-order valence-electron chi connectivity index (χ1n) is 7.63. The molecule has 1 aliphatic carbocycles. The maximum absolute atomic E-state index is 5.61. The number of methoxy groups -OCH3 is 1. The van der Waals surface area contributed by atoms with Gasteiger partial charge in [0.15, 0.2) is 0 Å². The van der Waals surface area contributed by atoms with Crippen molar-refractivity contribution in [2.24, 2.45) is 5.92 Å². The molecule has 3 atom stereocenters. The van der Waals surface area contributed by atoms with Crippen molar-refractivity contribution >= 4 is 21.6 Å². The highest BCUT2D eigenvalue weighted by Gasteiger charge is 2.38. The van der Waals surface area contributed by atoms with E-state index in [-0.39, 0.29) is 6.04 Å². The van der Waals surface area contributed by atoms with Gasteiger partial charge in [0, 0.05) is 21.6 Å². The van der Waals surface area contributed by atoms with Crippen LogP contribution >= 0.6 is 15.9 Å². The lowest BCUT2D eigenvalue weighted by molar-refractivity contribution is 0.381. The van der Waals surface area contributed by atoms with Gasteiger partial charge in [-0.3, -0.25) is 0 Å². The molecule has 0 saturated carbocycles. The van der Waals surface area contributed by atoms with E-state index >= 15 is 0 Å². The van der Waals surface area contributed by atoms with Crippen molar-refractivity contribution in [1.82, 2.24) is 0 Å². The lowest BCUT2D eigenvalue weighted by Gasteiger charge is -2.38. The van der Waals surface area contributed by atoms with Gasteiger partial charge in [-0.05, 0) is 42.2 Å². The summed E-state index contributed by atoms with van der Waals surface area (Å²) in [6.07, 6.45) is 5.78. The van der Waals surface area contributed by atoms with Gasteiger partial charge in [0.25, 0.3) is 0 Å². The molecule has 0 radical (unpaired) electrons. The Bertz CT molecular complexity index is 740. The maximum Gasteiger partial charge on any atom is 0.124 e. The van der Waals surface area contributed by atoms with Crippen LogP contribution in [0.25, 0.3) is 0 Å². The number of rotatable bonds is 2. The summed E-state index contributed by atoms with van der Waals surface area (Å²) in [7, 11) is 1.74. The number of anilines is 1. The molecular formula is C19H18BrNO. The number of nitrogens with one attached hydrogen (secondary N) is 1. The quantitative estimate of drug-likeness (QED) is 0.739. The van der Waals surface area contributed by atoms with Crippen molar-refractivity contribution in [3.05, 3.63) is 70.2 Å². The largest absolute Gasteiger partial charge is 0.496 e. The van der Waals surface area contributed by atoms with Crippen LogP contribution in [0.3, 0.4) is 0 Å². The van der Waals surface area contributed by atoms with E-state index in [4.69, 9.17) is 4.74 Å². The summed E-state index contributed by atoms with van der Waals surface area (Å²) in [5, 5.41) is 3.75. The normalized spacial score (nSPS) is 25.3. The third kappa shape index (κ3) is 2.15. The fraction of sp³-hybridized carbons (Fsp3) is 0.263. The summed E-state index contributed by atoms with van der Waals surface area (Å²) in [5.74, 6) is 1.98. The van der Waals surface area contributed by atoms with Crippen LogP contribution in [-0.4, -0.2) is 7.11 Å². The van der Waals surface area contributed by atoms with Gasteiger partial charge in [-0.15, -0.1) is 0 Å². The summed E-state index contributed by atoms with van der Waals surface area (Å²) < 4.78 is 6.70. The minimum Gasteiger partial charge on any atom is -0.496 e. The number of fused-ring (bicyclic) bond motifs is 3. The SMILES string of the molecule is COc1ccc(Br)cc1C1Nc2ccccc2C2C=CCC21. The Labute approximate surface area is 139 Å². The third-order valence-corrected chi connectivity index (χ3v) is 5.29. The lowest BCUT2D eigenvalue weighted by Crippen LogP contribution is -2.29. The van der Waals surface area contributed by atoms with Crippen LogP contribution in [0, 0.1) is 5.92 Å². The smallest absolute Gasteiger partial charge is 0.124 e. The number of benzene rings is 2. The fourth-order valence-electron chi connectivity index (χ4n) is 3.80. The highest BCUT2D eigenvalue weighted by Crippen LogP contribution is 2.51. The number of hydrogen-bond acceptors (Lipinski definition) is 2. The molecule has 0 bridgehead atoms. The van der Waals surface area contributed by atoms with Gasteiger partial charge in [-0.1, -0.05) is 46.3 Å². The van der Waals surface area contributed by atoms with Crippen molar-refractivity contribution in [2.45, 2.75) is 18.4 Å². The first kappa shape index (κ1) is 13.9. The van der Waals surface area contributed by atoms with Crippen molar-refractivity contribution < 1.29 is 4.74 Å². The Balaban J connectivity index is 1.82. The van der Waals surface area contributed by atoms with Gasteiger partial charge in [-0.25, -0.2) is 0 Å². The van der Waals surface area contributed by atoms with Crippen LogP contribution < -0.4 is 10.1 Å². The molecule has 1 aliphatic heterocycles. The van der Waals surface area contributed by atoms with Crippen LogP contribution in [0.4, 0.5) is 5.69 Å². The summed E-state index contributed by atoms with van der Waals surface area (Å²) in [6, 6.07) is 15.2. The molecule has 2 aromatic rings. The van der Waals surface area contributed by atoms with Gasteiger partial charge in [0.1, 0.15) is 5.75 Å². The number of allylic oxidation sites excluding steroid dienone is 2. The zero-order valence-corrected chi connectivity index (χ0v) is 14.0. The molecule has 4 rings (SSSR count). The molecule has 0 fully saturated rings. The molecular weight excluding hydrogens is 338 g/mol. The molecule has 3 unspecified atom stereocenters. The van der Waals surface area contributed by atoms with Crippen LogP contribution in [0.2, 0.25) is 0 Å². The Kier molecular flexibility index (Phi) is 3.45. The third-order valence-electron chi connectivity index (χ3n) is 4.80. The Morgan fingerprint density at radius 3 is 2.86 bits per heavy atom. The zero-order valence-electron chi connectivity index (χ0n) is 12.4. The van der Waals surface area contributed by atoms with Crippen molar-refractivity contribution in [3.63, 3.8) is 0 Å². The molecule has 0 saturated heterocycles. The topological polar surface area (TPSA) is 21.3 Å². The molecule has 2 nitrogen and oxygen atoms in total. The second-order valence-electron chi connectivity index (χ2n) is 5.95. The first-order valence-corrected chi connectivity index (χ1v) is 8.43. The second kappa shape index (κ2) is 5.47. The molecule has 0 amide bonds. The molecule has 2 aliphatic rings. The molecule has 1 heterocycles. The minimum absolute atomic E-state index is 0.266. The summed E-state index contributed by atoms with van der Waals surface area (Å²) in [4.78, 5) is 0. The Morgan fingerprint density at radius 2 is 2.00 bits per heavy atom. The standard InChI is InChI=1S/C19H18BrNO/c1-22-18-10-9-12(20)11-16(18)19-15-7-4-6-13(15)14-5-2-3-8-17(14)21-19/h2-6,8-11,13,15,19,21H,7H2,1H3. The van der Waals surface area contributed by atoms with E-state index in [1.165, 1.54) is 16.8 Å². The number of halogens is 1. The van der Waals surface area contributed by atoms with E-state index in [1.54, 1.807) is 7.11 Å². The van der Waals surface area contributed by atoms with Crippen molar-refractivity contribution in [2.75, 3.05) is 12.4 Å². The van der Waals surface area contributed by atoms with E-state index in [0.717, 1.165) is 16.6 Å². The second-order valence-corrected chi connectivity index (χ2v) is 6.86. The molecule has 2 aromatic carbocycles. The van der Waals surface area contributed by atoms with Crippen LogP contribution in [0.1, 0.15) is 29.5 Å². The fourth-order valence-corrected chi connectivity index (χ4v) is 4.18. The predicted molar refractivity (Wildman–Crippen MR) is 93.5 cm³/mol. The van der Waals surface area contributed by atoms with E-state index in [2.05, 4.69) is 63.7 Å². The van der Waals surface area contributed by atoms with Gasteiger partial charge in [0.2, 0.25) is 0 Å². The lowest BCUT2D eigenvalue weighted by atomic mass is 9.77. The van der Waals surface area contributed by atoms with E-state index in [9.17, 15) is 0 Å². The van der Waals surface area contributed by atoms with Gasteiger partial charge >= 0.3 is 0 Å². The first-order chi connectivity index (χ1) is 10.8. The average Bonchev–Trinajstić information content (AvgIpc) is 3.04. The predicted octanol–water partition coefficient (Wildman–Crippen LogP) is 5.28. The summed E-state index contributed by atoms with van der Waals surface area (Å²) in [5.41, 5.74) is 3.87. The van der Waals surface area contributed by atoms with Crippen LogP contribution in [0.5, 0.6) is 5.75 Å². The minimum atomic E-state index is 0.266. The molecule has 22 heavy (non-hydrogen) atoms. The zero-order chi connectivity index (χ0) is 15.1. The summed E-state index contributed by atoms with van der Waals surface area (Å²) in [6.45, 7) is 0. The average molecular weight is 356 g/mol. The monoisotopic (exact) mass is 355 g/mol. The summed E-state index contributed by atoms with van der Waals surface area (Å²) >= 11 is 3.60. The van der Waals surface area contributed by atoms with Crippen molar-refractivity contribution in [1.29, 1.82) is 0 Å². The van der Waals surface area contributed by atoms with Crippen molar-refractivity contribution in [3.8, 4) is 5.75 Å². The van der Waals surface area contributed by atoms with Gasteiger partial charge < -0.3 is 10.1 Å². The number of para-hydroxylation sites is 1. The highest BCUT2D eigenvalue weighted by molar-refractivity contribution is 9.10. The van der Waals surface area contributed by atoms with Crippen LogP contribution in [0.15, 0.2) is 59.1 Å². The van der Waals surface area contributed by atoms with E-state index in [1.807, 2.05) is 12.1 Å². The van der Waals surface area contributed by atoms with E-state index in [0.29, 0.717) is 11.8 Å². The van der Waals surface area contributed by atoms with E-state index < -0.39 is 0 Å². The number of ether oxygens (including phenoxy) is 1.